The normalized spacial score (nSPS) is 10.8. The Balaban J connectivity index is 1.89. The van der Waals surface area contributed by atoms with Crippen molar-refractivity contribution in [2.75, 3.05) is 5.32 Å². The summed E-state index contributed by atoms with van der Waals surface area (Å²) in [6.07, 6.45) is 3.18. The van der Waals surface area contributed by atoms with E-state index in [1.807, 2.05) is 13.0 Å². The summed E-state index contributed by atoms with van der Waals surface area (Å²) in [6.45, 7) is 1.86. The smallest absolute Gasteiger partial charge is 0.279 e. The molecule has 0 aliphatic rings. The zero-order valence-electron chi connectivity index (χ0n) is 9.75. The second-order valence-electron chi connectivity index (χ2n) is 3.85. The van der Waals surface area contributed by atoms with Crippen LogP contribution in [0.25, 0.3) is 5.65 Å². The molecule has 0 unspecified atom stereocenters. The average Bonchev–Trinajstić information content (AvgIpc) is 2.93. The minimum atomic E-state index is -0.469. The lowest BCUT2D eigenvalue weighted by atomic mass is 10.4. The van der Waals surface area contributed by atoms with E-state index in [1.54, 1.807) is 10.7 Å². The Labute approximate surface area is 111 Å². The van der Waals surface area contributed by atoms with E-state index in [2.05, 4.69) is 30.8 Å². The van der Waals surface area contributed by atoms with Gasteiger partial charge in [0.15, 0.2) is 16.5 Å². The van der Waals surface area contributed by atoms with Crippen molar-refractivity contribution >= 4 is 28.8 Å². The van der Waals surface area contributed by atoms with Crippen LogP contribution in [-0.2, 0) is 0 Å². The number of amides is 1. The third kappa shape index (κ3) is 2.13. The standard InChI is InChI=1S/C10H8ClN7O/c1-5-2-7-12-3-6(4-18(7)16-5)13-10(19)8-9(11)15-17-14-8/h2-4H,1H3,(H,13,19)(H,14,15,17). The molecule has 0 aromatic carbocycles. The number of carbonyl (C=O) groups excluding carboxylic acids is 1. The van der Waals surface area contributed by atoms with Gasteiger partial charge in [-0.1, -0.05) is 11.6 Å². The Morgan fingerprint density at radius 1 is 1.47 bits per heavy atom. The summed E-state index contributed by atoms with van der Waals surface area (Å²) >= 11 is 5.70. The molecule has 0 saturated carbocycles. The first-order chi connectivity index (χ1) is 9.13. The van der Waals surface area contributed by atoms with E-state index in [4.69, 9.17) is 11.6 Å². The van der Waals surface area contributed by atoms with E-state index in [0.717, 1.165) is 5.69 Å². The van der Waals surface area contributed by atoms with Crippen LogP contribution in [0.3, 0.4) is 0 Å². The van der Waals surface area contributed by atoms with E-state index < -0.39 is 5.91 Å². The molecular weight excluding hydrogens is 270 g/mol. The molecule has 0 atom stereocenters. The topological polar surface area (TPSA) is 101 Å². The second-order valence-corrected chi connectivity index (χ2v) is 4.21. The van der Waals surface area contributed by atoms with Crippen LogP contribution >= 0.6 is 11.6 Å². The molecule has 2 N–H and O–H groups in total. The van der Waals surface area contributed by atoms with Crippen molar-refractivity contribution in [1.82, 2.24) is 30.0 Å². The predicted molar refractivity (Wildman–Crippen MR) is 67.1 cm³/mol. The molecule has 0 spiro atoms. The monoisotopic (exact) mass is 277 g/mol. The summed E-state index contributed by atoms with van der Waals surface area (Å²) in [5, 5.41) is 16.3. The number of H-pyrrole nitrogens is 1. The lowest BCUT2D eigenvalue weighted by Crippen LogP contribution is -2.13. The van der Waals surface area contributed by atoms with E-state index in [0.29, 0.717) is 11.3 Å². The third-order valence-corrected chi connectivity index (χ3v) is 2.68. The van der Waals surface area contributed by atoms with Gasteiger partial charge >= 0.3 is 0 Å². The van der Waals surface area contributed by atoms with Crippen LogP contribution in [0.4, 0.5) is 5.69 Å². The van der Waals surface area contributed by atoms with Gasteiger partial charge in [0, 0.05) is 6.07 Å². The number of aryl methyl sites for hydroxylation is 1. The molecule has 0 saturated heterocycles. The fraction of sp³-hybridized carbons (Fsp3) is 0.100. The molecule has 0 aliphatic carbocycles. The fourth-order valence-corrected chi connectivity index (χ4v) is 1.78. The number of carbonyl (C=O) groups is 1. The molecule has 1 amide bonds. The van der Waals surface area contributed by atoms with Crippen molar-refractivity contribution in [2.45, 2.75) is 6.92 Å². The summed E-state index contributed by atoms with van der Waals surface area (Å²) < 4.78 is 1.58. The van der Waals surface area contributed by atoms with Crippen LogP contribution in [0.15, 0.2) is 18.5 Å². The lowest BCUT2D eigenvalue weighted by Gasteiger charge is -2.02. The summed E-state index contributed by atoms with van der Waals surface area (Å²) in [4.78, 5) is 16.0. The highest BCUT2D eigenvalue weighted by molar-refractivity contribution is 6.32. The summed E-state index contributed by atoms with van der Waals surface area (Å²) in [5.41, 5.74) is 2.06. The van der Waals surface area contributed by atoms with Crippen LogP contribution < -0.4 is 5.32 Å². The molecule has 3 aromatic heterocycles. The molecular formula is C10H8ClN7O. The quantitative estimate of drug-likeness (QED) is 0.729. The van der Waals surface area contributed by atoms with Crippen LogP contribution in [0.5, 0.6) is 0 Å². The Morgan fingerprint density at radius 3 is 3.05 bits per heavy atom. The minimum Gasteiger partial charge on any atom is -0.318 e. The number of hydrogen-bond acceptors (Lipinski definition) is 5. The molecule has 0 fully saturated rings. The van der Waals surface area contributed by atoms with E-state index in [9.17, 15) is 4.79 Å². The summed E-state index contributed by atoms with van der Waals surface area (Å²) in [7, 11) is 0. The zero-order valence-corrected chi connectivity index (χ0v) is 10.5. The zero-order chi connectivity index (χ0) is 13.4. The summed E-state index contributed by atoms with van der Waals surface area (Å²) in [5.74, 6) is -0.469. The number of aromatic amines is 1. The Morgan fingerprint density at radius 2 is 2.32 bits per heavy atom. The van der Waals surface area contributed by atoms with Gasteiger partial charge < -0.3 is 5.32 Å². The Kier molecular flexibility index (Phi) is 2.64. The first-order valence-electron chi connectivity index (χ1n) is 5.33. The van der Waals surface area contributed by atoms with Crippen LogP contribution in [0, 0.1) is 6.92 Å². The maximum absolute atomic E-state index is 11.9. The first kappa shape index (κ1) is 11.6. The van der Waals surface area contributed by atoms with Gasteiger partial charge in [0.1, 0.15) is 0 Å². The van der Waals surface area contributed by atoms with E-state index in [-0.39, 0.29) is 10.8 Å². The molecule has 9 heteroatoms. The summed E-state index contributed by atoms with van der Waals surface area (Å²) in [6, 6.07) is 1.83. The van der Waals surface area contributed by atoms with Crippen molar-refractivity contribution in [1.29, 1.82) is 0 Å². The van der Waals surface area contributed by atoms with E-state index >= 15 is 0 Å². The largest absolute Gasteiger partial charge is 0.318 e. The number of nitrogens with zero attached hydrogens (tertiary/aromatic N) is 5. The van der Waals surface area contributed by atoms with Crippen LogP contribution in [0.2, 0.25) is 5.15 Å². The second kappa shape index (κ2) is 4.32. The van der Waals surface area contributed by atoms with Gasteiger partial charge in [-0.2, -0.15) is 10.3 Å². The highest BCUT2D eigenvalue weighted by Crippen LogP contribution is 2.13. The van der Waals surface area contributed by atoms with Crippen molar-refractivity contribution in [3.63, 3.8) is 0 Å². The van der Waals surface area contributed by atoms with Gasteiger partial charge in [-0.3, -0.25) is 4.79 Å². The fourth-order valence-electron chi connectivity index (χ4n) is 1.61. The van der Waals surface area contributed by atoms with Crippen LogP contribution in [-0.4, -0.2) is 35.9 Å². The van der Waals surface area contributed by atoms with Crippen molar-refractivity contribution < 1.29 is 4.79 Å². The van der Waals surface area contributed by atoms with Gasteiger partial charge in [0.05, 0.1) is 23.8 Å². The number of halogens is 1. The molecule has 0 aliphatic heterocycles. The maximum Gasteiger partial charge on any atom is 0.279 e. The molecule has 96 valence electrons. The van der Waals surface area contributed by atoms with Crippen molar-refractivity contribution in [2.24, 2.45) is 0 Å². The van der Waals surface area contributed by atoms with Gasteiger partial charge in [0.2, 0.25) is 0 Å². The molecule has 3 rings (SSSR count). The lowest BCUT2D eigenvalue weighted by molar-refractivity contribution is 0.102. The minimum absolute atomic E-state index is 0.0153. The molecule has 0 bridgehead atoms. The Bertz CT molecular complexity index is 762. The van der Waals surface area contributed by atoms with Gasteiger partial charge in [-0.05, 0) is 6.92 Å². The first-order valence-corrected chi connectivity index (χ1v) is 5.71. The molecule has 3 aromatic rings. The van der Waals surface area contributed by atoms with Gasteiger partial charge in [0.25, 0.3) is 5.91 Å². The van der Waals surface area contributed by atoms with Crippen LogP contribution in [0.1, 0.15) is 16.2 Å². The number of anilines is 1. The van der Waals surface area contributed by atoms with Gasteiger partial charge in [-0.25, -0.2) is 9.50 Å². The number of fused-ring (bicyclic) bond motifs is 1. The number of rotatable bonds is 2. The molecule has 19 heavy (non-hydrogen) atoms. The Hall–Kier alpha value is -2.48. The number of aromatic nitrogens is 6. The number of hydrogen-bond donors (Lipinski definition) is 2. The molecule has 3 heterocycles. The predicted octanol–water partition coefficient (Wildman–Crippen LogP) is 1.06. The molecule has 0 radical (unpaired) electrons. The van der Waals surface area contributed by atoms with Crippen molar-refractivity contribution in [3.8, 4) is 0 Å². The van der Waals surface area contributed by atoms with E-state index in [1.165, 1.54) is 6.20 Å². The highest BCUT2D eigenvalue weighted by atomic mass is 35.5. The average molecular weight is 278 g/mol. The number of nitrogens with one attached hydrogen (secondary N) is 2. The SMILES string of the molecule is Cc1cc2ncc(NC(=O)c3n[nH]nc3Cl)cn2n1. The van der Waals surface area contributed by atoms with Crippen molar-refractivity contribution in [3.05, 3.63) is 35.0 Å². The highest BCUT2D eigenvalue weighted by Gasteiger charge is 2.15. The van der Waals surface area contributed by atoms with Gasteiger partial charge in [-0.15, -0.1) is 10.2 Å². The maximum atomic E-state index is 11.9. The molecule has 8 nitrogen and oxygen atoms in total. The third-order valence-electron chi connectivity index (χ3n) is 2.41.